The number of nitrogens with zero attached hydrogens (tertiary/aromatic N) is 2. The van der Waals surface area contributed by atoms with Crippen molar-refractivity contribution < 1.29 is 4.84 Å². The van der Waals surface area contributed by atoms with Gasteiger partial charge in [0.2, 0.25) is 0 Å². The van der Waals surface area contributed by atoms with Crippen molar-refractivity contribution in [1.29, 1.82) is 0 Å². The van der Waals surface area contributed by atoms with Gasteiger partial charge in [-0.2, -0.15) is 0 Å². The quantitative estimate of drug-likeness (QED) is 0.608. The Hall–Kier alpha value is -1.05. The van der Waals surface area contributed by atoms with Crippen molar-refractivity contribution in [1.82, 2.24) is 4.90 Å². The molecule has 2 rings (SSSR count). The van der Waals surface area contributed by atoms with Crippen molar-refractivity contribution in [3.8, 4) is 0 Å². The normalized spacial score (nSPS) is 22.1. The molecule has 0 aliphatic carbocycles. The van der Waals surface area contributed by atoms with Crippen LogP contribution in [0.25, 0.3) is 0 Å². The van der Waals surface area contributed by atoms with Crippen LogP contribution in [0.1, 0.15) is 20.3 Å². The molecule has 2 aliphatic rings. The first-order valence-corrected chi connectivity index (χ1v) is 4.69. The Labute approximate surface area is 78.4 Å². The molecule has 0 saturated heterocycles. The van der Waals surface area contributed by atoms with Crippen LogP contribution in [-0.2, 0) is 4.84 Å². The van der Waals surface area contributed by atoms with E-state index in [2.05, 4.69) is 29.8 Å². The second-order valence-corrected chi connectivity index (χ2v) is 3.72. The van der Waals surface area contributed by atoms with Crippen LogP contribution in [-0.4, -0.2) is 29.9 Å². The minimum atomic E-state index is 0.576. The molecule has 0 aromatic heterocycles. The SMILES string of the molecule is CC(C)N1CCC2=C(C1)ON=C=C2. The van der Waals surface area contributed by atoms with Gasteiger partial charge in [-0.3, -0.25) is 4.90 Å². The van der Waals surface area contributed by atoms with Gasteiger partial charge in [-0.15, -0.1) is 0 Å². The molecule has 13 heavy (non-hydrogen) atoms. The Kier molecular flexibility index (Phi) is 2.21. The number of allylic oxidation sites excluding steroid dienone is 1. The fraction of sp³-hybridized carbons (Fsp3) is 0.600. The lowest BCUT2D eigenvalue weighted by atomic mass is 10.1. The maximum Gasteiger partial charge on any atom is 0.153 e. The summed E-state index contributed by atoms with van der Waals surface area (Å²) in [6.07, 6.45) is 2.98. The van der Waals surface area contributed by atoms with Crippen LogP contribution in [0.3, 0.4) is 0 Å². The lowest BCUT2D eigenvalue weighted by molar-refractivity contribution is 0.142. The van der Waals surface area contributed by atoms with Crippen molar-refractivity contribution in [3.63, 3.8) is 0 Å². The van der Waals surface area contributed by atoms with Gasteiger partial charge in [-0.25, -0.2) is 0 Å². The topological polar surface area (TPSA) is 24.8 Å². The Morgan fingerprint density at radius 3 is 3.23 bits per heavy atom. The summed E-state index contributed by atoms with van der Waals surface area (Å²) in [6.45, 7) is 6.40. The molecule has 0 N–H and O–H groups in total. The molecule has 0 amide bonds. The minimum Gasteiger partial charge on any atom is -0.352 e. The summed E-state index contributed by atoms with van der Waals surface area (Å²) in [5, 5.41) is 3.67. The molecular formula is C10H14N2O. The van der Waals surface area contributed by atoms with Gasteiger partial charge in [-0.1, -0.05) is 0 Å². The molecule has 0 bridgehead atoms. The van der Waals surface area contributed by atoms with Crippen molar-refractivity contribution in [2.75, 3.05) is 13.1 Å². The maximum absolute atomic E-state index is 5.18. The van der Waals surface area contributed by atoms with E-state index in [1.165, 1.54) is 5.57 Å². The molecule has 0 unspecified atom stereocenters. The van der Waals surface area contributed by atoms with Gasteiger partial charge >= 0.3 is 0 Å². The Balaban J connectivity index is 2.13. The zero-order chi connectivity index (χ0) is 9.26. The first kappa shape index (κ1) is 8.54. The molecule has 0 radical (unpaired) electrons. The first-order valence-electron chi connectivity index (χ1n) is 4.69. The van der Waals surface area contributed by atoms with E-state index in [1.54, 1.807) is 0 Å². The first-order chi connectivity index (χ1) is 6.27. The van der Waals surface area contributed by atoms with Gasteiger partial charge in [0.1, 0.15) is 0 Å². The van der Waals surface area contributed by atoms with Crippen molar-refractivity contribution >= 4 is 5.87 Å². The number of hydrogen-bond donors (Lipinski definition) is 0. The van der Waals surface area contributed by atoms with Crippen LogP contribution >= 0.6 is 0 Å². The summed E-state index contributed by atoms with van der Waals surface area (Å²) >= 11 is 0. The molecule has 70 valence electrons. The van der Waals surface area contributed by atoms with Gasteiger partial charge in [0.25, 0.3) is 0 Å². The molecule has 2 heterocycles. The highest BCUT2D eigenvalue weighted by Crippen LogP contribution is 2.22. The van der Waals surface area contributed by atoms with E-state index >= 15 is 0 Å². The second-order valence-electron chi connectivity index (χ2n) is 3.72. The third-order valence-electron chi connectivity index (χ3n) is 2.55. The van der Waals surface area contributed by atoms with E-state index in [-0.39, 0.29) is 0 Å². The fourth-order valence-electron chi connectivity index (χ4n) is 1.64. The lowest BCUT2D eigenvalue weighted by Gasteiger charge is -2.31. The summed E-state index contributed by atoms with van der Waals surface area (Å²) in [5.74, 6) is 3.73. The Morgan fingerprint density at radius 1 is 1.62 bits per heavy atom. The zero-order valence-electron chi connectivity index (χ0n) is 8.08. The average Bonchev–Trinajstić information content (AvgIpc) is 2.17. The van der Waals surface area contributed by atoms with Gasteiger partial charge in [0.05, 0.1) is 6.54 Å². The highest BCUT2D eigenvalue weighted by molar-refractivity contribution is 5.59. The zero-order valence-corrected chi connectivity index (χ0v) is 8.08. The Bertz CT molecular complexity index is 298. The van der Waals surface area contributed by atoms with Crippen LogP contribution in [0, 0.1) is 0 Å². The van der Waals surface area contributed by atoms with E-state index in [4.69, 9.17) is 4.84 Å². The van der Waals surface area contributed by atoms with Crippen molar-refractivity contribution in [2.45, 2.75) is 26.3 Å². The van der Waals surface area contributed by atoms with Gasteiger partial charge < -0.3 is 4.84 Å². The largest absolute Gasteiger partial charge is 0.352 e. The molecule has 0 fully saturated rings. The summed E-state index contributed by atoms with van der Waals surface area (Å²) in [4.78, 5) is 7.57. The molecule has 0 aromatic carbocycles. The van der Waals surface area contributed by atoms with Crippen LogP contribution in [0.5, 0.6) is 0 Å². The van der Waals surface area contributed by atoms with Crippen LogP contribution < -0.4 is 0 Å². The summed E-state index contributed by atoms with van der Waals surface area (Å²) in [7, 11) is 0. The highest BCUT2D eigenvalue weighted by atomic mass is 16.6. The van der Waals surface area contributed by atoms with Gasteiger partial charge in [-0.05, 0) is 25.4 Å². The van der Waals surface area contributed by atoms with Crippen LogP contribution in [0.2, 0.25) is 0 Å². The Morgan fingerprint density at radius 2 is 2.46 bits per heavy atom. The smallest absolute Gasteiger partial charge is 0.153 e. The molecule has 3 heteroatoms. The van der Waals surface area contributed by atoms with E-state index in [0.29, 0.717) is 6.04 Å². The molecule has 0 aromatic rings. The van der Waals surface area contributed by atoms with Gasteiger partial charge in [0, 0.05) is 30.1 Å². The van der Waals surface area contributed by atoms with E-state index < -0.39 is 0 Å². The highest BCUT2D eigenvalue weighted by Gasteiger charge is 2.22. The van der Waals surface area contributed by atoms with Crippen LogP contribution in [0.15, 0.2) is 22.6 Å². The fourth-order valence-corrected chi connectivity index (χ4v) is 1.64. The summed E-state index contributed by atoms with van der Waals surface area (Å²) < 4.78 is 0. The van der Waals surface area contributed by atoms with Gasteiger partial charge in [0.15, 0.2) is 5.76 Å². The molecule has 0 spiro atoms. The van der Waals surface area contributed by atoms with Crippen molar-refractivity contribution in [3.05, 3.63) is 17.4 Å². The van der Waals surface area contributed by atoms with Crippen LogP contribution in [0.4, 0.5) is 0 Å². The summed E-state index contributed by atoms with van der Waals surface area (Å²) in [5.41, 5.74) is 1.26. The minimum absolute atomic E-state index is 0.576. The summed E-state index contributed by atoms with van der Waals surface area (Å²) in [6, 6.07) is 0.576. The maximum atomic E-state index is 5.18. The second kappa shape index (κ2) is 3.36. The monoisotopic (exact) mass is 178 g/mol. The predicted molar refractivity (Wildman–Crippen MR) is 51.4 cm³/mol. The average molecular weight is 178 g/mol. The molecule has 3 nitrogen and oxygen atoms in total. The molecule has 0 saturated carbocycles. The molecular weight excluding hydrogens is 164 g/mol. The molecule has 0 atom stereocenters. The number of hydrogen-bond acceptors (Lipinski definition) is 3. The van der Waals surface area contributed by atoms with Crippen molar-refractivity contribution in [2.24, 2.45) is 5.16 Å². The van der Waals surface area contributed by atoms with E-state index in [1.807, 2.05) is 6.08 Å². The third kappa shape index (κ3) is 1.67. The molecule has 2 aliphatic heterocycles. The van der Waals surface area contributed by atoms with E-state index in [0.717, 1.165) is 25.3 Å². The lowest BCUT2D eigenvalue weighted by Crippen LogP contribution is -2.37. The number of rotatable bonds is 1. The van der Waals surface area contributed by atoms with E-state index in [9.17, 15) is 0 Å². The predicted octanol–water partition coefficient (Wildman–Crippen LogP) is 1.53. The standard InChI is InChI=1S/C10H14N2O/c1-8(2)12-6-4-9-3-5-11-13-10(9)7-12/h3,8H,4,6-7H2,1-2H3. The third-order valence-corrected chi connectivity index (χ3v) is 2.55.